The van der Waals surface area contributed by atoms with E-state index < -0.39 is 18.4 Å². The molecule has 1 fully saturated rings. The van der Waals surface area contributed by atoms with Crippen molar-refractivity contribution >= 4 is 24.3 Å². The molecule has 0 aromatic rings. The fourth-order valence-electron chi connectivity index (χ4n) is 4.39. The minimum absolute atomic E-state index is 0.0801. The van der Waals surface area contributed by atoms with E-state index in [-0.39, 0.29) is 17.5 Å². The molecule has 1 aliphatic heterocycles. The first-order valence-electron chi connectivity index (χ1n) is 11.3. The normalized spacial score (nSPS) is 21.0. The third-order valence-electron chi connectivity index (χ3n) is 6.15. The van der Waals surface area contributed by atoms with Crippen molar-refractivity contribution in [1.29, 1.82) is 0 Å². The molecule has 0 saturated carbocycles. The van der Waals surface area contributed by atoms with Gasteiger partial charge in [-0.3, -0.25) is 0 Å². The molecule has 1 saturated heterocycles. The van der Waals surface area contributed by atoms with Crippen LogP contribution >= 0.6 is 0 Å². The van der Waals surface area contributed by atoms with E-state index in [1.807, 2.05) is 6.92 Å². The molecule has 0 N–H and O–H groups in total. The van der Waals surface area contributed by atoms with Crippen molar-refractivity contribution in [3.63, 3.8) is 0 Å². The molecule has 0 radical (unpaired) electrons. The number of hydrogen-bond acceptors (Lipinski definition) is 3. The van der Waals surface area contributed by atoms with Crippen molar-refractivity contribution in [3.8, 4) is 0 Å². The molecule has 158 valence electrons. The quantitative estimate of drug-likeness (QED) is 0.215. The van der Waals surface area contributed by atoms with Gasteiger partial charge in [-0.2, -0.15) is 0 Å². The van der Waals surface area contributed by atoms with Crippen LogP contribution in [0.4, 0.5) is 0 Å². The topological polar surface area (TPSA) is 35.5 Å². The Labute approximate surface area is 172 Å². The number of ether oxygens (including phenoxy) is 2. The first kappa shape index (κ1) is 25.0. The molecule has 3 nitrogen and oxygen atoms in total. The van der Waals surface area contributed by atoms with Crippen LogP contribution in [-0.4, -0.2) is 43.2 Å². The first-order valence-corrected chi connectivity index (χ1v) is 19.1. The molecule has 1 atom stereocenters. The zero-order valence-electron chi connectivity index (χ0n) is 18.9. The molecule has 0 amide bonds. The third kappa shape index (κ3) is 8.08. The van der Waals surface area contributed by atoms with Crippen LogP contribution in [0.15, 0.2) is 9.67 Å². The summed E-state index contributed by atoms with van der Waals surface area (Å²) in [5.41, 5.74) is 1.16. The summed E-state index contributed by atoms with van der Waals surface area (Å²) in [6.45, 7) is 14.3. The maximum absolute atomic E-state index is 12.2. The Morgan fingerprint density at radius 1 is 1.07 bits per heavy atom. The SMILES string of the molecule is CCC[CH2][Sn](/[CH]=C1/COC(C)(C)C1CC(=O)OCC)([CH2]CCC)[CH2]CCC. The molecule has 27 heavy (non-hydrogen) atoms. The molecule has 0 aliphatic carbocycles. The maximum atomic E-state index is 12.2. The summed E-state index contributed by atoms with van der Waals surface area (Å²) >= 11 is -2.39. The van der Waals surface area contributed by atoms with Crippen molar-refractivity contribution in [2.75, 3.05) is 13.2 Å². The van der Waals surface area contributed by atoms with Gasteiger partial charge in [0.1, 0.15) is 0 Å². The summed E-state index contributed by atoms with van der Waals surface area (Å²) in [5.74, 6) is 0.0981. The van der Waals surface area contributed by atoms with E-state index in [0.29, 0.717) is 19.6 Å². The number of carbonyl (C=O) groups excluding carboxylic acids is 1. The fourth-order valence-corrected chi connectivity index (χ4v) is 19.9. The van der Waals surface area contributed by atoms with Crippen LogP contribution in [0.5, 0.6) is 0 Å². The van der Waals surface area contributed by atoms with Crippen molar-refractivity contribution in [3.05, 3.63) is 9.67 Å². The first-order chi connectivity index (χ1) is 12.8. The standard InChI is InChI=1S/C11H17O3.3C4H9.Sn/c1-5-13-10(12)6-9-8(2)7-14-11(9,3)4;3*1-3-4-2;/h2,9H,5-7H2,1,3-4H3;3*1,3-4H2,2H3;. The third-order valence-corrected chi connectivity index (χ3v) is 20.5. The summed E-state index contributed by atoms with van der Waals surface area (Å²) < 4.78 is 18.6. The van der Waals surface area contributed by atoms with Gasteiger partial charge in [0.15, 0.2) is 0 Å². The number of carbonyl (C=O) groups is 1. The van der Waals surface area contributed by atoms with E-state index >= 15 is 0 Å². The Morgan fingerprint density at radius 3 is 2.04 bits per heavy atom. The van der Waals surface area contributed by atoms with Gasteiger partial charge < -0.3 is 0 Å². The van der Waals surface area contributed by atoms with E-state index in [1.165, 1.54) is 57.4 Å². The zero-order chi connectivity index (χ0) is 20.3. The predicted octanol–water partition coefficient (Wildman–Crippen LogP) is 6.68. The Bertz CT molecular complexity index is 448. The van der Waals surface area contributed by atoms with Crippen LogP contribution in [0.3, 0.4) is 0 Å². The van der Waals surface area contributed by atoms with Crippen LogP contribution in [0.2, 0.25) is 13.3 Å². The molecule has 1 aliphatic rings. The average molecular weight is 487 g/mol. The minimum atomic E-state index is -2.39. The summed E-state index contributed by atoms with van der Waals surface area (Å²) in [4.78, 5) is 12.2. The molecular formula is C23H44O3Sn. The van der Waals surface area contributed by atoms with Gasteiger partial charge in [0, 0.05) is 0 Å². The van der Waals surface area contributed by atoms with Crippen molar-refractivity contribution < 1.29 is 14.3 Å². The van der Waals surface area contributed by atoms with Gasteiger partial charge in [0.05, 0.1) is 0 Å². The van der Waals surface area contributed by atoms with E-state index in [2.05, 4.69) is 38.7 Å². The number of esters is 1. The second-order valence-electron chi connectivity index (χ2n) is 8.85. The van der Waals surface area contributed by atoms with Gasteiger partial charge in [-0.15, -0.1) is 0 Å². The van der Waals surface area contributed by atoms with Crippen molar-refractivity contribution in [2.24, 2.45) is 5.92 Å². The Morgan fingerprint density at radius 2 is 1.59 bits per heavy atom. The number of unbranched alkanes of at least 4 members (excludes halogenated alkanes) is 3. The van der Waals surface area contributed by atoms with Crippen molar-refractivity contribution in [1.82, 2.24) is 0 Å². The van der Waals surface area contributed by atoms with Crippen LogP contribution in [-0.2, 0) is 14.3 Å². The van der Waals surface area contributed by atoms with E-state index in [9.17, 15) is 4.79 Å². The second kappa shape index (κ2) is 12.5. The zero-order valence-corrected chi connectivity index (χ0v) is 21.7. The molecule has 0 spiro atoms. The Hall–Kier alpha value is -0.0313. The van der Waals surface area contributed by atoms with Gasteiger partial charge in [0.25, 0.3) is 0 Å². The van der Waals surface area contributed by atoms with E-state index in [1.54, 1.807) is 0 Å². The van der Waals surface area contributed by atoms with Gasteiger partial charge in [-0.05, 0) is 0 Å². The molecule has 1 unspecified atom stereocenters. The molecule has 1 heterocycles. The molecular weight excluding hydrogens is 443 g/mol. The summed E-state index contributed by atoms with van der Waals surface area (Å²) in [6.07, 6.45) is 8.40. The van der Waals surface area contributed by atoms with Gasteiger partial charge in [-0.25, -0.2) is 0 Å². The van der Waals surface area contributed by atoms with Crippen LogP contribution in [0, 0.1) is 5.92 Å². The summed E-state index contributed by atoms with van der Waals surface area (Å²) in [5, 5.41) is 0. The molecule has 1 rings (SSSR count). The second-order valence-corrected chi connectivity index (χ2v) is 21.7. The van der Waals surface area contributed by atoms with Crippen molar-refractivity contribution in [2.45, 2.75) is 105 Å². The molecule has 4 heteroatoms. The van der Waals surface area contributed by atoms with Gasteiger partial charge in [0.2, 0.25) is 0 Å². The molecule has 0 bridgehead atoms. The predicted molar refractivity (Wildman–Crippen MR) is 118 cm³/mol. The van der Waals surface area contributed by atoms with E-state index in [4.69, 9.17) is 9.47 Å². The average Bonchev–Trinajstić information content (AvgIpc) is 2.90. The summed E-state index contributed by atoms with van der Waals surface area (Å²) in [6, 6.07) is 0. The van der Waals surface area contributed by atoms with Crippen LogP contribution in [0.1, 0.15) is 86.5 Å². The number of hydrogen-bond donors (Lipinski definition) is 0. The van der Waals surface area contributed by atoms with Crippen LogP contribution in [0.25, 0.3) is 0 Å². The summed E-state index contributed by atoms with van der Waals surface area (Å²) in [7, 11) is 0. The monoisotopic (exact) mass is 488 g/mol. The molecule has 0 aromatic carbocycles. The Balaban J connectivity index is 3.16. The number of rotatable bonds is 13. The van der Waals surface area contributed by atoms with Crippen LogP contribution < -0.4 is 0 Å². The molecule has 0 aromatic heterocycles. The van der Waals surface area contributed by atoms with Gasteiger partial charge >= 0.3 is 173 Å². The Kier molecular flexibility index (Phi) is 11.6. The van der Waals surface area contributed by atoms with Gasteiger partial charge in [-0.1, -0.05) is 0 Å². The fraction of sp³-hybridized carbons (Fsp3) is 0.870. The van der Waals surface area contributed by atoms with E-state index in [0.717, 1.165) is 0 Å².